The Balaban J connectivity index is 1.77. The molecule has 0 N–H and O–H groups in total. The maximum absolute atomic E-state index is 12.8. The summed E-state index contributed by atoms with van der Waals surface area (Å²) >= 11 is 0. The summed E-state index contributed by atoms with van der Waals surface area (Å²) in [5, 5.41) is 0. The number of hydrogen-bond acceptors (Lipinski definition) is 5. The minimum atomic E-state index is -0.432. The average molecular weight is 498 g/mol. The maximum Gasteiger partial charge on any atom is 0.339 e. The maximum atomic E-state index is 12.8. The van der Waals surface area contributed by atoms with Gasteiger partial charge in [-0.15, -0.1) is 0 Å². The quantitative estimate of drug-likeness (QED) is 0.288. The molecule has 4 rings (SSSR count). The molecule has 0 saturated heterocycles. The van der Waals surface area contributed by atoms with Crippen LogP contribution >= 0.6 is 0 Å². The van der Waals surface area contributed by atoms with Gasteiger partial charge in [-0.05, 0) is 86.9 Å². The van der Waals surface area contributed by atoms with Gasteiger partial charge in [-0.1, -0.05) is 30.3 Å². The van der Waals surface area contributed by atoms with E-state index in [1.54, 1.807) is 0 Å². The van der Waals surface area contributed by atoms with Gasteiger partial charge in [0.05, 0.1) is 5.56 Å². The van der Waals surface area contributed by atoms with E-state index in [1.807, 2.05) is 37.2 Å². The Morgan fingerprint density at radius 2 is 1.19 bits per heavy atom. The number of rotatable bonds is 10. The average Bonchev–Trinajstić information content (AvgIpc) is 3.24. The zero-order chi connectivity index (χ0) is 26.5. The van der Waals surface area contributed by atoms with Gasteiger partial charge >= 0.3 is 5.97 Å². The number of benzene rings is 3. The molecule has 1 heterocycles. The zero-order valence-corrected chi connectivity index (χ0v) is 23.0. The first-order chi connectivity index (χ1) is 17.9. The van der Waals surface area contributed by atoms with E-state index in [-0.39, 0.29) is 5.97 Å². The van der Waals surface area contributed by atoms with E-state index in [0.717, 1.165) is 54.1 Å². The van der Waals surface area contributed by atoms with Gasteiger partial charge in [0.25, 0.3) is 0 Å². The molecule has 194 valence electrons. The highest BCUT2D eigenvalue weighted by molar-refractivity contribution is 5.96. The van der Waals surface area contributed by atoms with Gasteiger partial charge in [-0.25, -0.2) is 4.79 Å². The van der Waals surface area contributed by atoms with Gasteiger partial charge < -0.3 is 19.4 Å². The van der Waals surface area contributed by atoms with Crippen LogP contribution in [0.15, 0.2) is 72.8 Å². The van der Waals surface area contributed by atoms with Crippen molar-refractivity contribution in [3.8, 4) is 0 Å². The van der Waals surface area contributed by atoms with Crippen LogP contribution in [0, 0.1) is 0 Å². The van der Waals surface area contributed by atoms with Crippen molar-refractivity contribution in [2.24, 2.45) is 0 Å². The second-order valence-corrected chi connectivity index (χ2v) is 9.51. The summed E-state index contributed by atoms with van der Waals surface area (Å²) in [5.41, 5.74) is 8.20. The summed E-state index contributed by atoms with van der Waals surface area (Å²) in [5.74, 6) is -0.270. The molecule has 0 amide bonds. The van der Waals surface area contributed by atoms with Crippen molar-refractivity contribution in [3.63, 3.8) is 0 Å². The molecule has 1 atom stereocenters. The normalized spacial score (nSPS) is 14.1. The van der Waals surface area contributed by atoms with Gasteiger partial charge in [-0.3, -0.25) is 0 Å². The van der Waals surface area contributed by atoms with Crippen LogP contribution in [-0.2, 0) is 4.74 Å². The Bertz CT molecular complexity index is 1180. The van der Waals surface area contributed by atoms with Gasteiger partial charge in [0.1, 0.15) is 6.10 Å². The molecule has 3 aromatic carbocycles. The Kier molecular flexibility index (Phi) is 8.22. The SMILES string of the molecule is CCN(CC)c1ccc(C(=CC2OC(=O)c3cc(N(C)C)ccc32)c2ccc(N(CC)CC)cc2)cc1. The van der Waals surface area contributed by atoms with E-state index in [9.17, 15) is 4.79 Å². The number of anilines is 3. The first kappa shape index (κ1) is 26.3. The number of hydrogen-bond donors (Lipinski definition) is 0. The molecule has 0 spiro atoms. The van der Waals surface area contributed by atoms with Crippen molar-refractivity contribution < 1.29 is 9.53 Å². The van der Waals surface area contributed by atoms with Gasteiger partial charge in [-0.2, -0.15) is 0 Å². The van der Waals surface area contributed by atoms with Crippen LogP contribution in [0.1, 0.15) is 60.8 Å². The van der Waals surface area contributed by atoms with Crippen LogP contribution in [0.4, 0.5) is 17.1 Å². The van der Waals surface area contributed by atoms with Crippen molar-refractivity contribution in [2.45, 2.75) is 33.8 Å². The molecule has 3 aromatic rings. The molecule has 0 aromatic heterocycles. The van der Waals surface area contributed by atoms with E-state index in [0.29, 0.717) is 5.56 Å². The molecule has 1 aliphatic rings. The molecule has 37 heavy (non-hydrogen) atoms. The van der Waals surface area contributed by atoms with E-state index >= 15 is 0 Å². The first-order valence-electron chi connectivity index (χ1n) is 13.3. The summed E-state index contributed by atoms with van der Waals surface area (Å²) < 4.78 is 5.88. The number of fused-ring (bicyclic) bond motifs is 1. The lowest BCUT2D eigenvalue weighted by Gasteiger charge is -2.22. The molecule has 0 bridgehead atoms. The second kappa shape index (κ2) is 11.5. The van der Waals surface area contributed by atoms with E-state index < -0.39 is 6.10 Å². The lowest BCUT2D eigenvalue weighted by atomic mass is 9.93. The highest BCUT2D eigenvalue weighted by Crippen LogP contribution is 2.38. The van der Waals surface area contributed by atoms with Crippen molar-refractivity contribution in [1.29, 1.82) is 0 Å². The Labute approximate surface area is 222 Å². The molecule has 0 fully saturated rings. The highest BCUT2D eigenvalue weighted by atomic mass is 16.5. The molecule has 5 heteroatoms. The molecular formula is C32H39N3O2. The lowest BCUT2D eigenvalue weighted by Crippen LogP contribution is -2.21. The summed E-state index contributed by atoms with van der Waals surface area (Å²) in [6.45, 7) is 12.6. The number of nitrogens with zero attached hydrogens (tertiary/aromatic N) is 3. The van der Waals surface area contributed by atoms with E-state index in [1.165, 1.54) is 11.4 Å². The fraction of sp³-hybridized carbons (Fsp3) is 0.344. The number of ether oxygens (including phenoxy) is 1. The monoisotopic (exact) mass is 497 g/mol. The minimum absolute atomic E-state index is 0.270. The van der Waals surface area contributed by atoms with Gasteiger partial charge in [0.15, 0.2) is 0 Å². The smallest absolute Gasteiger partial charge is 0.339 e. The molecule has 5 nitrogen and oxygen atoms in total. The molecule has 0 aliphatic carbocycles. The molecule has 0 radical (unpaired) electrons. The Morgan fingerprint density at radius 1 is 0.730 bits per heavy atom. The topological polar surface area (TPSA) is 36.0 Å². The summed E-state index contributed by atoms with van der Waals surface area (Å²) in [4.78, 5) is 19.5. The van der Waals surface area contributed by atoms with Crippen LogP contribution in [0.2, 0.25) is 0 Å². The summed E-state index contributed by atoms with van der Waals surface area (Å²) in [6, 6.07) is 23.4. The third kappa shape index (κ3) is 5.51. The van der Waals surface area contributed by atoms with Crippen LogP contribution in [0.25, 0.3) is 5.57 Å². The fourth-order valence-corrected chi connectivity index (χ4v) is 5.01. The number of esters is 1. The Morgan fingerprint density at radius 3 is 1.62 bits per heavy atom. The van der Waals surface area contributed by atoms with E-state index in [2.05, 4.69) is 92.1 Å². The zero-order valence-electron chi connectivity index (χ0n) is 23.0. The summed E-state index contributed by atoms with van der Waals surface area (Å²) in [6.07, 6.45) is 1.66. The molecule has 1 unspecified atom stereocenters. The van der Waals surface area contributed by atoms with Crippen molar-refractivity contribution >= 4 is 28.6 Å². The molecule has 1 aliphatic heterocycles. The number of carbonyl (C=O) groups excluding carboxylic acids is 1. The first-order valence-corrected chi connectivity index (χ1v) is 13.3. The second-order valence-electron chi connectivity index (χ2n) is 9.51. The number of carbonyl (C=O) groups is 1. The third-order valence-corrected chi connectivity index (χ3v) is 7.25. The largest absolute Gasteiger partial charge is 0.450 e. The van der Waals surface area contributed by atoms with Crippen molar-refractivity contribution in [1.82, 2.24) is 0 Å². The van der Waals surface area contributed by atoms with Gasteiger partial charge in [0, 0.05) is 62.9 Å². The minimum Gasteiger partial charge on any atom is -0.450 e. The number of cyclic esters (lactones) is 1. The van der Waals surface area contributed by atoms with Gasteiger partial charge in [0.2, 0.25) is 0 Å². The molecular weight excluding hydrogens is 458 g/mol. The van der Waals surface area contributed by atoms with E-state index in [4.69, 9.17) is 4.74 Å². The molecule has 0 saturated carbocycles. The Hall–Kier alpha value is -3.73. The fourth-order valence-electron chi connectivity index (χ4n) is 5.01. The predicted octanol–water partition coefficient (Wildman–Crippen LogP) is 6.79. The standard InChI is InChI=1S/C32H39N3O2/c1-7-34(8-2)25-15-11-23(12-16-25)29(24-13-17-26(18-14-24)35(9-3)10-4)22-31-28-20-19-27(33(5)6)21-30(28)32(36)37-31/h11-22,31H,7-10H2,1-6H3. The van der Waals surface area contributed by atoms with Crippen molar-refractivity contribution in [3.05, 3.63) is 95.1 Å². The third-order valence-electron chi connectivity index (χ3n) is 7.25. The van der Waals surface area contributed by atoms with Crippen LogP contribution in [0.3, 0.4) is 0 Å². The summed E-state index contributed by atoms with van der Waals surface area (Å²) in [7, 11) is 3.95. The highest BCUT2D eigenvalue weighted by Gasteiger charge is 2.30. The van der Waals surface area contributed by atoms with Crippen LogP contribution in [0.5, 0.6) is 0 Å². The van der Waals surface area contributed by atoms with Crippen LogP contribution in [-0.4, -0.2) is 46.2 Å². The lowest BCUT2D eigenvalue weighted by molar-refractivity contribution is 0.0468. The van der Waals surface area contributed by atoms with Crippen LogP contribution < -0.4 is 14.7 Å². The van der Waals surface area contributed by atoms with Crippen molar-refractivity contribution in [2.75, 3.05) is 55.0 Å². The predicted molar refractivity (Wildman–Crippen MR) is 156 cm³/mol.